The van der Waals surface area contributed by atoms with Gasteiger partial charge in [0.25, 0.3) is 5.69 Å². The normalized spacial score (nSPS) is 10.0. The molecule has 0 atom stereocenters. The molecule has 0 bridgehead atoms. The Morgan fingerprint density at radius 1 is 1.16 bits per heavy atom. The van der Waals surface area contributed by atoms with Crippen molar-refractivity contribution >= 4 is 28.8 Å². The summed E-state index contributed by atoms with van der Waals surface area (Å²) < 4.78 is 4.94. The lowest BCUT2D eigenvalue weighted by Gasteiger charge is -2.11. The molecule has 2 rings (SSSR count). The number of ether oxygens (including phenoxy) is 1. The first-order valence-corrected chi connectivity index (χ1v) is 7.38. The van der Waals surface area contributed by atoms with Crippen molar-refractivity contribution < 1.29 is 19.2 Å². The zero-order chi connectivity index (χ0) is 18.4. The van der Waals surface area contributed by atoms with Crippen LogP contribution in [-0.2, 0) is 4.79 Å². The smallest absolute Gasteiger partial charge is 0.296 e. The number of methoxy groups -OCH3 is 1. The Morgan fingerprint density at radius 3 is 2.52 bits per heavy atom. The molecule has 0 fully saturated rings. The highest BCUT2D eigenvalue weighted by Crippen LogP contribution is 2.28. The lowest BCUT2D eigenvalue weighted by Crippen LogP contribution is -2.23. The van der Waals surface area contributed by atoms with E-state index in [1.54, 1.807) is 24.3 Å². The van der Waals surface area contributed by atoms with Crippen LogP contribution in [0, 0.1) is 10.1 Å². The van der Waals surface area contributed by atoms with Crippen LogP contribution in [0.25, 0.3) is 0 Å². The monoisotopic (exact) mass is 343 g/mol. The maximum Gasteiger partial charge on any atom is 0.296 e. The van der Waals surface area contributed by atoms with E-state index in [9.17, 15) is 19.7 Å². The summed E-state index contributed by atoms with van der Waals surface area (Å²) in [6.07, 6.45) is 0. The van der Waals surface area contributed by atoms with Crippen LogP contribution in [0.5, 0.6) is 5.75 Å². The SMILES string of the molecule is COc1ccc(NC(=O)CNc2ccccc2C(C)=O)c([N+](=O)[O-])c1. The molecule has 8 nitrogen and oxygen atoms in total. The van der Waals surface area contributed by atoms with Gasteiger partial charge in [0.2, 0.25) is 5.91 Å². The molecular weight excluding hydrogens is 326 g/mol. The number of nitro groups is 1. The Bertz CT molecular complexity index is 820. The summed E-state index contributed by atoms with van der Waals surface area (Å²) in [6, 6.07) is 10.9. The van der Waals surface area contributed by atoms with Crippen molar-refractivity contribution in [3.8, 4) is 5.75 Å². The molecule has 0 saturated heterocycles. The van der Waals surface area contributed by atoms with Crippen molar-refractivity contribution in [2.45, 2.75) is 6.92 Å². The number of hydrogen-bond acceptors (Lipinski definition) is 6. The first kappa shape index (κ1) is 17.9. The maximum atomic E-state index is 12.1. The van der Waals surface area contributed by atoms with Crippen LogP contribution in [0.1, 0.15) is 17.3 Å². The van der Waals surface area contributed by atoms with Crippen molar-refractivity contribution in [3.63, 3.8) is 0 Å². The van der Waals surface area contributed by atoms with E-state index < -0.39 is 10.8 Å². The van der Waals surface area contributed by atoms with Crippen LogP contribution < -0.4 is 15.4 Å². The Balaban J connectivity index is 2.09. The molecule has 2 N–H and O–H groups in total. The fraction of sp³-hybridized carbons (Fsp3) is 0.176. The van der Waals surface area contributed by atoms with Crippen LogP contribution >= 0.6 is 0 Å². The number of anilines is 2. The molecule has 25 heavy (non-hydrogen) atoms. The lowest BCUT2D eigenvalue weighted by atomic mass is 10.1. The van der Waals surface area contributed by atoms with Crippen LogP contribution in [0.2, 0.25) is 0 Å². The summed E-state index contributed by atoms with van der Waals surface area (Å²) in [7, 11) is 1.40. The first-order valence-electron chi connectivity index (χ1n) is 7.38. The molecule has 2 aromatic carbocycles. The third kappa shape index (κ3) is 4.54. The average molecular weight is 343 g/mol. The number of nitrogens with zero attached hydrogens (tertiary/aromatic N) is 1. The van der Waals surface area contributed by atoms with E-state index in [-0.39, 0.29) is 23.7 Å². The number of ketones is 1. The predicted octanol–water partition coefficient (Wildman–Crippen LogP) is 2.86. The minimum atomic E-state index is -0.601. The second kappa shape index (κ2) is 7.91. The Morgan fingerprint density at radius 2 is 1.88 bits per heavy atom. The number of amides is 1. The largest absolute Gasteiger partial charge is 0.496 e. The molecule has 1 amide bonds. The van der Waals surface area contributed by atoms with E-state index in [1.165, 1.54) is 32.2 Å². The third-order valence-electron chi connectivity index (χ3n) is 3.42. The van der Waals surface area contributed by atoms with Gasteiger partial charge >= 0.3 is 0 Å². The minimum Gasteiger partial charge on any atom is -0.496 e. The fourth-order valence-corrected chi connectivity index (χ4v) is 2.21. The van der Waals surface area contributed by atoms with Gasteiger partial charge in [0.1, 0.15) is 11.4 Å². The Labute approximate surface area is 144 Å². The molecular formula is C17H17N3O5. The number of benzene rings is 2. The summed E-state index contributed by atoms with van der Waals surface area (Å²) >= 11 is 0. The number of hydrogen-bond donors (Lipinski definition) is 2. The number of carbonyl (C=O) groups excluding carboxylic acids is 2. The van der Waals surface area contributed by atoms with Gasteiger partial charge in [-0.15, -0.1) is 0 Å². The maximum absolute atomic E-state index is 12.1. The molecule has 0 aliphatic rings. The highest BCUT2D eigenvalue weighted by molar-refractivity contribution is 6.01. The van der Waals surface area contributed by atoms with Crippen molar-refractivity contribution in [2.24, 2.45) is 0 Å². The minimum absolute atomic E-state index is 0.0671. The van der Waals surface area contributed by atoms with Crippen LogP contribution in [0.3, 0.4) is 0 Å². The van der Waals surface area contributed by atoms with Gasteiger partial charge in [-0.25, -0.2) is 0 Å². The van der Waals surface area contributed by atoms with Gasteiger partial charge in [-0.3, -0.25) is 19.7 Å². The number of Topliss-reactive ketones (excluding diaryl/α,β-unsaturated/α-hetero) is 1. The molecule has 130 valence electrons. The Hall–Kier alpha value is -3.42. The van der Waals surface area contributed by atoms with Gasteiger partial charge in [-0.1, -0.05) is 12.1 Å². The average Bonchev–Trinajstić information content (AvgIpc) is 2.60. The highest BCUT2D eigenvalue weighted by Gasteiger charge is 2.17. The van der Waals surface area contributed by atoms with E-state index in [2.05, 4.69) is 10.6 Å². The Kier molecular flexibility index (Phi) is 5.67. The quantitative estimate of drug-likeness (QED) is 0.454. The summed E-state index contributed by atoms with van der Waals surface area (Å²) in [4.78, 5) is 34.2. The number of para-hydroxylation sites is 1. The van der Waals surface area contributed by atoms with Gasteiger partial charge in [0, 0.05) is 11.3 Å². The van der Waals surface area contributed by atoms with Gasteiger partial charge in [0.15, 0.2) is 5.78 Å². The van der Waals surface area contributed by atoms with Crippen LogP contribution in [-0.4, -0.2) is 30.3 Å². The second-order valence-corrected chi connectivity index (χ2v) is 5.14. The van der Waals surface area contributed by atoms with Gasteiger partial charge < -0.3 is 15.4 Å². The zero-order valence-electron chi connectivity index (χ0n) is 13.7. The molecule has 0 aliphatic carbocycles. The van der Waals surface area contributed by atoms with E-state index in [0.29, 0.717) is 17.0 Å². The van der Waals surface area contributed by atoms with Crippen molar-refractivity contribution in [2.75, 3.05) is 24.3 Å². The van der Waals surface area contributed by atoms with Gasteiger partial charge in [-0.05, 0) is 31.2 Å². The van der Waals surface area contributed by atoms with Gasteiger partial charge in [-0.2, -0.15) is 0 Å². The molecule has 0 aromatic heterocycles. The van der Waals surface area contributed by atoms with E-state index in [4.69, 9.17) is 4.74 Å². The molecule has 0 spiro atoms. The number of rotatable bonds is 7. The number of nitro benzene ring substituents is 1. The molecule has 0 radical (unpaired) electrons. The summed E-state index contributed by atoms with van der Waals surface area (Å²) in [5.74, 6) is -0.292. The van der Waals surface area contributed by atoms with Crippen molar-refractivity contribution in [1.29, 1.82) is 0 Å². The van der Waals surface area contributed by atoms with E-state index in [1.807, 2.05) is 0 Å². The first-order chi connectivity index (χ1) is 11.9. The molecule has 0 saturated carbocycles. The topological polar surface area (TPSA) is 111 Å². The summed E-state index contributed by atoms with van der Waals surface area (Å²) in [6.45, 7) is 1.29. The molecule has 0 unspecified atom stereocenters. The van der Waals surface area contributed by atoms with E-state index >= 15 is 0 Å². The number of carbonyl (C=O) groups is 2. The lowest BCUT2D eigenvalue weighted by molar-refractivity contribution is -0.384. The standard InChI is InChI=1S/C17H17N3O5/c1-11(21)13-5-3-4-6-14(13)18-10-17(22)19-15-8-7-12(25-2)9-16(15)20(23)24/h3-9,18H,10H2,1-2H3,(H,19,22). The number of nitrogens with one attached hydrogen (secondary N) is 2. The molecule has 2 aromatic rings. The molecule has 0 aliphatic heterocycles. The van der Waals surface area contributed by atoms with Crippen molar-refractivity contribution in [3.05, 3.63) is 58.1 Å². The summed E-state index contributed by atoms with van der Waals surface area (Å²) in [5.41, 5.74) is 0.786. The summed E-state index contributed by atoms with van der Waals surface area (Å²) in [5, 5.41) is 16.5. The van der Waals surface area contributed by atoms with Crippen molar-refractivity contribution in [1.82, 2.24) is 0 Å². The molecule has 8 heteroatoms. The second-order valence-electron chi connectivity index (χ2n) is 5.14. The molecule has 0 heterocycles. The highest BCUT2D eigenvalue weighted by atomic mass is 16.6. The van der Waals surface area contributed by atoms with Crippen LogP contribution in [0.4, 0.5) is 17.1 Å². The van der Waals surface area contributed by atoms with Gasteiger partial charge in [0.05, 0.1) is 24.6 Å². The predicted molar refractivity (Wildman–Crippen MR) is 93.2 cm³/mol. The van der Waals surface area contributed by atoms with E-state index in [0.717, 1.165) is 0 Å². The van der Waals surface area contributed by atoms with Crippen LogP contribution in [0.15, 0.2) is 42.5 Å². The zero-order valence-corrected chi connectivity index (χ0v) is 13.7. The third-order valence-corrected chi connectivity index (χ3v) is 3.42. The fourth-order valence-electron chi connectivity index (χ4n) is 2.21.